The third kappa shape index (κ3) is 2.98. The minimum Gasteiger partial charge on any atom is -0.471 e. The molecule has 0 radical (unpaired) electrons. The van der Waals surface area contributed by atoms with Gasteiger partial charge in [0.05, 0.1) is 11.0 Å². The van der Waals surface area contributed by atoms with Gasteiger partial charge in [-0.2, -0.15) is 4.98 Å². The maximum Gasteiger partial charge on any atom is 0.407 e. The van der Waals surface area contributed by atoms with Crippen molar-refractivity contribution in [1.29, 1.82) is 0 Å². The van der Waals surface area contributed by atoms with Gasteiger partial charge in [0, 0.05) is 19.2 Å². The van der Waals surface area contributed by atoms with E-state index in [1.165, 1.54) is 11.1 Å². The molecule has 2 rings (SSSR count). The fraction of sp³-hybridized carbons (Fsp3) is 0.444. The highest BCUT2D eigenvalue weighted by Crippen LogP contribution is 2.25. The Labute approximate surface area is 111 Å². The van der Waals surface area contributed by atoms with Gasteiger partial charge < -0.3 is 14.7 Å². The molecule has 1 unspecified atom stereocenters. The van der Waals surface area contributed by atoms with Crippen molar-refractivity contribution in [1.82, 2.24) is 14.9 Å². The van der Waals surface area contributed by atoms with E-state index < -0.39 is 6.09 Å². The normalized spacial score (nSPS) is 19.4. The summed E-state index contributed by atoms with van der Waals surface area (Å²) in [6, 6.07) is 0. The first-order chi connectivity index (χ1) is 8.06. The fourth-order valence-corrected chi connectivity index (χ4v) is 1.98. The van der Waals surface area contributed by atoms with Crippen LogP contribution in [0, 0.1) is 0 Å². The van der Waals surface area contributed by atoms with Crippen molar-refractivity contribution in [3.05, 3.63) is 16.0 Å². The SMILES string of the molecule is O=C(O)N1CCC(Oc2nc(Cl)ncc2Br)C1. The molecule has 1 aromatic heterocycles. The van der Waals surface area contributed by atoms with Crippen molar-refractivity contribution >= 4 is 33.6 Å². The number of likely N-dealkylation sites (tertiary alicyclic amines) is 1. The molecule has 0 saturated carbocycles. The summed E-state index contributed by atoms with van der Waals surface area (Å²) >= 11 is 8.90. The highest BCUT2D eigenvalue weighted by Gasteiger charge is 2.28. The lowest BCUT2D eigenvalue weighted by atomic mass is 10.3. The lowest BCUT2D eigenvalue weighted by molar-refractivity contribution is 0.144. The van der Waals surface area contributed by atoms with Gasteiger partial charge in [-0.1, -0.05) is 0 Å². The molecule has 1 N–H and O–H groups in total. The Balaban J connectivity index is 2.02. The molecule has 17 heavy (non-hydrogen) atoms. The largest absolute Gasteiger partial charge is 0.471 e. The van der Waals surface area contributed by atoms with Crippen LogP contribution in [0.4, 0.5) is 4.79 Å². The second-order valence-electron chi connectivity index (χ2n) is 3.55. The minimum absolute atomic E-state index is 0.0938. The van der Waals surface area contributed by atoms with Crippen molar-refractivity contribution < 1.29 is 14.6 Å². The van der Waals surface area contributed by atoms with Gasteiger partial charge in [0.25, 0.3) is 0 Å². The summed E-state index contributed by atoms with van der Waals surface area (Å²) in [5.74, 6) is 0.335. The summed E-state index contributed by atoms with van der Waals surface area (Å²) < 4.78 is 6.17. The number of hydrogen-bond acceptors (Lipinski definition) is 4. The number of nitrogens with zero attached hydrogens (tertiary/aromatic N) is 3. The summed E-state index contributed by atoms with van der Waals surface area (Å²) in [6.45, 7) is 0.805. The van der Waals surface area contributed by atoms with Crippen LogP contribution in [0.2, 0.25) is 5.28 Å². The zero-order valence-electron chi connectivity index (χ0n) is 8.64. The topological polar surface area (TPSA) is 75.5 Å². The van der Waals surface area contributed by atoms with E-state index in [4.69, 9.17) is 21.4 Å². The van der Waals surface area contributed by atoms with E-state index in [0.29, 0.717) is 29.9 Å². The Kier molecular flexibility index (Phi) is 3.68. The number of carboxylic acid groups (broad SMARTS) is 1. The number of hydrogen-bond donors (Lipinski definition) is 1. The average Bonchev–Trinajstić information content (AvgIpc) is 2.72. The molecule has 0 aliphatic carbocycles. The van der Waals surface area contributed by atoms with Crippen LogP contribution in [0.15, 0.2) is 10.7 Å². The van der Waals surface area contributed by atoms with E-state index in [1.807, 2.05) is 0 Å². The van der Waals surface area contributed by atoms with Gasteiger partial charge in [-0.25, -0.2) is 9.78 Å². The third-order valence-electron chi connectivity index (χ3n) is 2.38. The highest BCUT2D eigenvalue weighted by molar-refractivity contribution is 9.10. The first-order valence-electron chi connectivity index (χ1n) is 4.89. The molecule has 92 valence electrons. The summed E-state index contributed by atoms with van der Waals surface area (Å²) in [5, 5.41) is 8.90. The molecule has 1 saturated heterocycles. The molecule has 0 spiro atoms. The fourth-order valence-electron chi connectivity index (χ4n) is 1.57. The summed E-state index contributed by atoms with van der Waals surface area (Å²) in [5.41, 5.74) is 0. The summed E-state index contributed by atoms with van der Waals surface area (Å²) in [7, 11) is 0. The van der Waals surface area contributed by atoms with Gasteiger partial charge >= 0.3 is 6.09 Å². The van der Waals surface area contributed by atoms with Crippen LogP contribution >= 0.6 is 27.5 Å². The van der Waals surface area contributed by atoms with Crippen molar-refractivity contribution in [2.75, 3.05) is 13.1 Å². The lowest BCUT2D eigenvalue weighted by Gasteiger charge is -2.14. The third-order valence-corrected chi connectivity index (χ3v) is 3.10. The molecule has 1 atom stereocenters. The van der Waals surface area contributed by atoms with Crippen molar-refractivity contribution in [3.8, 4) is 5.88 Å². The van der Waals surface area contributed by atoms with Gasteiger partial charge in [-0.3, -0.25) is 0 Å². The monoisotopic (exact) mass is 321 g/mol. The van der Waals surface area contributed by atoms with Gasteiger partial charge in [0.15, 0.2) is 0 Å². The molecule has 1 fully saturated rings. The quantitative estimate of drug-likeness (QED) is 0.843. The molecular formula is C9H9BrClN3O3. The number of halogens is 2. The van der Waals surface area contributed by atoms with Crippen LogP contribution in [-0.4, -0.2) is 45.3 Å². The number of ether oxygens (including phenoxy) is 1. The van der Waals surface area contributed by atoms with Crippen molar-refractivity contribution in [2.45, 2.75) is 12.5 Å². The first-order valence-corrected chi connectivity index (χ1v) is 6.06. The van der Waals surface area contributed by atoms with E-state index in [-0.39, 0.29) is 11.4 Å². The second-order valence-corrected chi connectivity index (χ2v) is 4.74. The number of amides is 1. The molecule has 1 amide bonds. The zero-order valence-corrected chi connectivity index (χ0v) is 11.0. The molecule has 2 heterocycles. The maximum atomic E-state index is 10.7. The Bertz CT molecular complexity index is 445. The first kappa shape index (κ1) is 12.4. The summed E-state index contributed by atoms with van der Waals surface area (Å²) in [6.07, 6.45) is 0.999. The Morgan fingerprint density at radius 2 is 2.47 bits per heavy atom. The van der Waals surface area contributed by atoms with Crippen molar-refractivity contribution in [3.63, 3.8) is 0 Å². The van der Waals surface area contributed by atoms with E-state index in [0.717, 1.165) is 0 Å². The van der Waals surface area contributed by atoms with E-state index in [1.54, 1.807) is 0 Å². The van der Waals surface area contributed by atoms with Gasteiger partial charge in [0.1, 0.15) is 6.10 Å². The average molecular weight is 323 g/mol. The Morgan fingerprint density at radius 3 is 3.12 bits per heavy atom. The maximum absolute atomic E-state index is 10.7. The van der Waals surface area contributed by atoms with Gasteiger partial charge in [-0.05, 0) is 27.5 Å². The molecule has 1 aromatic rings. The van der Waals surface area contributed by atoms with Crippen LogP contribution in [0.5, 0.6) is 5.88 Å². The molecular weight excluding hydrogens is 313 g/mol. The minimum atomic E-state index is -0.934. The van der Waals surface area contributed by atoms with Crippen molar-refractivity contribution in [2.24, 2.45) is 0 Å². The molecule has 6 nitrogen and oxygen atoms in total. The number of rotatable bonds is 2. The van der Waals surface area contributed by atoms with Crippen LogP contribution in [0.1, 0.15) is 6.42 Å². The Morgan fingerprint density at radius 1 is 1.71 bits per heavy atom. The van der Waals surface area contributed by atoms with Crippen LogP contribution < -0.4 is 4.74 Å². The second kappa shape index (κ2) is 5.05. The lowest BCUT2D eigenvalue weighted by Crippen LogP contribution is -2.29. The number of aromatic nitrogens is 2. The Hall–Kier alpha value is -1.08. The van der Waals surface area contributed by atoms with Gasteiger partial charge in [0.2, 0.25) is 11.2 Å². The molecule has 1 aliphatic heterocycles. The molecule has 0 bridgehead atoms. The highest BCUT2D eigenvalue weighted by atomic mass is 79.9. The smallest absolute Gasteiger partial charge is 0.407 e. The standard InChI is InChI=1S/C9H9BrClN3O3/c10-6-3-12-8(11)13-7(6)17-5-1-2-14(4-5)9(15)16/h3,5H,1-2,4H2,(H,15,16). The van der Waals surface area contributed by atoms with E-state index in [2.05, 4.69) is 25.9 Å². The van der Waals surface area contributed by atoms with E-state index in [9.17, 15) is 4.79 Å². The zero-order chi connectivity index (χ0) is 12.4. The molecule has 1 aliphatic rings. The molecule has 8 heteroatoms. The number of carbonyl (C=O) groups is 1. The predicted octanol–water partition coefficient (Wildman–Crippen LogP) is 2.02. The van der Waals surface area contributed by atoms with Gasteiger partial charge in [-0.15, -0.1) is 0 Å². The van der Waals surface area contributed by atoms with Crippen LogP contribution in [0.3, 0.4) is 0 Å². The molecule has 0 aromatic carbocycles. The van der Waals surface area contributed by atoms with Crippen LogP contribution in [-0.2, 0) is 0 Å². The summed E-state index contributed by atoms with van der Waals surface area (Å²) in [4.78, 5) is 19.7. The van der Waals surface area contributed by atoms with E-state index >= 15 is 0 Å². The van der Waals surface area contributed by atoms with Crippen LogP contribution in [0.25, 0.3) is 0 Å². The predicted molar refractivity (Wildman–Crippen MR) is 63.4 cm³/mol.